The zero-order chi connectivity index (χ0) is 17.0. The number of carboxylic acids is 1. The molecule has 1 saturated heterocycles. The number of aliphatic carboxylic acids is 1. The summed E-state index contributed by atoms with van der Waals surface area (Å²) < 4.78 is 31.8. The lowest BCUT2D eigenvalue weighted by Gasteiger charge is -2.26. The van der Waals surface area contributed by atoms with Crippen molar-refractivity contribution in [3.05, 3.63) is 16.3 Å². The van der Waals surface area contributed by atoms with Crippen molar-refractivity contribution < 1.29 is 27.9 Å². The first kappa shape index (κ1) is 17.9. The number of carbonyl (C=O) groups is 2. The van der Waals surface area contributed by atoms with Crippen molar-refractivity contribution in [1.29, 1.82) is 0 Å². The molecule has 1 amide bonds. The highest BCUT2D eigenvalue weighted by atomic mass is 32.2. The van der Waals surface area contributed by atoms with Gasteiger partial charge in [-0.05, 0) is 11.4 Å². The Morgan fingerprint density at radius 2 is 2.04 bits per heavy atom. The van der Waals surface area contributed by atoms with Gasteiger partial charge in [-0.25, -0.2) is 8.42 Å². The average Bonchev–Trinajstić information content (AvgIpc) is 3.03. The summed E-state index contributed by atoms with van der Waals surface area (Å²) in [4.78, 5) is 24.3. The summed E-state index contributed by atoms with van der Waals surface area (Å²) in [6.45, 7) is 1.17. The summed E-state index contributed by atoms with van der Waals surface area (Å²) in [7, 11) is -2.30. The van der Waals surface area contributed by atoms with Gasteiger partial charge in [-0.1, -0.05) is 0 Å². The van der Waals surface area contributed by atoms with Crippen LogP contribution >= 0.6 is 11.3 Å². The molecule has 0 radical (unpaired) electrons. The second kappa shape index (κ2) is 7.39. The number of amides is 1. The van der Waals surface area contributed by atoms with E-state index in [1.54, 1.807) is 5.38 Å². The smallest absolute Gasteiger partial charge is 0.305 e. The minimum atomic E-state index is -3.76. The Kier molecular flexibility index (Phi) is 5.74. The van der Waals surface area contributed by atoms with Gasteiger partial charge in [0.15, 0.2) is 0 Å². The predicted molar refractivity (Wildman–Crippen MR) is 83.1 cm³/mol. The van der Waals surface area contributed by atoms with Gasteiger partial charge >= 0.3 is 5.97 Å². The van der Waals surface area contributed by atoms with Gasteiger partial charge in [0.05, 0.1) is 19.6 Å². The van der Waals surface area contributed by atoms with Crippen molar-refractivity contribution in [2.45, 2.75) is 11.3 Å². The number of ether oxygens (including phenoxy) is 1. The van der Waals surface area contributed by atoms with E-state index >= 15 is 0 Å². The molecule has 2 heterocycles. The molecule has 1 aromatic rings. The molecule has 0 aliphatic carbocycles. The Balaban J connectivity index is 2.21. The van der Waals surface area contributed by atoms with E-state index in [1.165, 1.54) is 22.3 Å². The summed E-state index contributed by atoms with van der Waals surface area (Å²) in [5.41, 5.74) is 0. The molecule has 0 saturated carbocycles. The van der Waals surface area contributed by atoms with E-state index in [-0.39, 0.29) is 35.8 Å². The van der Waals surface area contributed by atoms with E-state index in [0.717, 1.165) is 11.3 Å². The van der Waals surface area contributed by atoms with Gasteiger partial charge in [0.2, 0.25) is 10.0 Å². The zero-order valence-electron chi connectivity index (χ0n) is 12.6. The SMILES string of the molecule is CN(CCC(=O)O)C(=O)c1sccc1S(=O)(=O)N1CCOCC1. The number of morpholine rings is 1. The number of carbonyl (C=O) groups excluding carboxylic acids is 1. The van der Waals surface area contributed by atoms with Gasteiger partial charge in [0, 0.05) is 26.7 Å². The largest absolute Gasteiger partial charge is 0.481 e. The fourth-order valence-electron chi connectivity index (χ4n) is 2.12. The van der Waals surface area contributed by atoms with E-state index in [2.05, 4.69) is 0 Å². The summed E-state index contributed by atoms with van der Waals surface area (Å²) in [6, 6.07) is 1.41. The molecule has 1 N–H and O–H groups in total. The van der Waals surface area contributed by atoms with Gasteiger partial charge in [-0.2, -0.15) is 4.31 Å². The Bertz CT molecular complexity index is 678. The molecule has 128 valence electrons. The molecular weight excluding hydrogens is 344 g/mol. The van der Waals surface area contributed by atoms with Crippen molar-refractivity contribution >= 4 is 33.2 Å². The number of thiophene rings is 1. The molecule has 1 aliphatic heterocycles. The number of hydrogen-bond donors (Lipinski definition) is 1. The fourth-order valence-corrected chi connectivity index (χ4v) is 4.92. The van der Waals surface area contributed by atoms with Crippen LogP contribution in [0.1, 0.15) is 16.1 Å². The highest BCUT2D eigenvalue weighted by Gasteiger charge is 2.32. The molecule has 0 atom stereocenters. The number of hydrogen-bond acceptors (Lipinski definition) is 6. The second-order valence-electron chi connectivity index (χ2n) is 5.00. The van der Waals surface area contributed by atoms with Crippen molar-refractivity contribution in [3.8, 4) is 0 Å². The van der Waals surface area contributed by atoms with Crippen LogP contribution in [0.4, 0.5) is 0 Å². The molecule has 1 aromatic heterocycles. The Labute approximate surface area is 138 Å². The summed E-state index contributed by atoms with van der Waals surface area (Å²) in [6.07, 6.45) is -0.195. The molecule has 8 nitrogen and oxygen atoms in total. The van der Waals surface area contributed by atoms with Gasteiger partial charge in [-0.3, -0.25) is 9.59 Å². The lowest BCUT2D eigenvalue weighted by Crippen LogP contribution is -2.41. The molecule has 0 aromatic carbocycles. The highest BCUT2D eigenvalue weighted by molar-refractivity contribution is 7.89. The third-order valence-electron chi connectivity index (χ3n) is 3.42. The number of carboxylic acid groups (broad SMARTS) is 1. The van der Waals surface area contributed by atoms with Crippen LogP contribution in [-0.4, -0.2) is 74.5 Å². The maximum absolute atomic E-state index is 12.7. The van der Waals surface area contributed by atoms with Gasteiger partial charge < -0.3 is 14.7 Å². The summed E-state index contributed by atoms with van der Waals surface area (Å²) >= 11 is 1.04. The van der Waals surface area contributed by atoms with Gasteiger partial charge in [-0.15, -0.1) is 11.3 Å². The molecule has 0 unspecified atom stereocenters. The predicted octanol–water partition coefficient (Wildman–Crippen LogP) is 0.316. The Morgan fingerprint density at radius 1 is 1.39 bits per heavy atom. The standard InChI is InChI=1S/C13H18N2O6S2/c1-14(4-2-11(16)17)13(18)12-10(3-9-22-12)23(19,20)15-5-7-21-8-6-15/h3,9H,2,4-8H2,1H3,(H,16,17). The molecule has 2 rings (SSSR count). The van der Waals surface area contributed by atoms with Crippen molar-refractivity contribution in [2.24, 2.45) is 0 Å². The third kappa shape index (κ3) is 4.08. The lowest BCUT2D eigenvalue weighted by molar-refractivity contribution is -0.137. The quantitative estimate of drug-likeness (QED) is 0.781. The van der Waals surface area contributed by atoms with Crippen LogP contribution in [0.2, 0.25) is 0 Å². The Morgan fingerprint density at radius 3 is 2.65 bits per heavy atom. The maximum atomic E-state index is 12.7. The van der Waals surface area contributed by atoms with Crippen LogP contribution in [-0.2, 0) is 19.6 Å². The molecule has 23 heavy (non-hydrogen) atoms. The molecule has 10 heteroatoms. The van der Waals surface area contributed by atoms with Crippen LogP contribution in [0, 0.1) is 0 Å². The Hall–Kier alpha value is -1.49. The molecule has 1 aliphatic rings. The molecule has 0 bridgehead atoms. The van der Waals surface area contributed by atoms with E-state index in [4.69, 9.17) is 9.84 Å². The van der Waals surface area contributed by atoms with Crippen LogP contribution in [0.15, 0.2) is 16.3 Å². The van der Waals surface area contributed by atoms with E-state index in [9.17, 15) is 18.0 Å². The number of nitrogens with zero attached hydrogens (tertiary/aromatic N) is 2. The third-order valence-corrected chi connectivity index (χ3v) is 6.39. The average molecular weight is 362 g/mol. The van der Waals surface area contributed by atoms with Crippen LogP contribution < -0.4 is 0 Å². The molecule has 0 spiro atoms. The minimum absolute atomic E-state index is 0.0170. The van der Waals surface area contributed by atoms with E-state index < -0.39 is 21.9 Å². The summed E-state index contributed by atoms with van der Waals surface area (Å²) in [5.74, 6) is -1.51. The van der Waals surface area contributed by atoms with Crippen LogP contribution in [0.25, 0.3) is 0 Å². The van der Waals surface area contributed by atoms with Gasteiger partial charge in [0.1, 0.15) is 9.77 Å². The van der Waals surface area contributed by atoms with E-state index in [1.807, 2.05) is 0 Å². The first-order chi connectivity index (χ1) is 10.8. The van der Waals surface area contributed by atoms with Crippen molar-refractivity contribution in [3.63, 3.8) is 0 Å². The van der Waals surface area contributed by atoms with Gasteiger partial charge in [0.25, 0.3) is 5.91 Å². The van der Waals surface area contributed by atoms with E-state index in [0.29, 0.717) is 13.2 Å². The fraction of sp³-hybridized carbons (Fsp3) is 0.538. The number of rotatable bonds is 6. The topological polar surface area (TPSA) is 104 Å². The monoisotopic (exact) mass is 362 g/mol. The number of sulfonamides is 1. The highest BCUT2D eigenvalue weighted by Crippen LogP contribution is 2.27. The molecular formula is C13H18N2O6S2. The molecule has 1 fully saturated rings. The zero-order valence-corrected chi connectivity index (χ0v) is 14.2. The van der Waals surface area contributed by atoms with Crippen LogP contribution in [0.5, 0.6) is 0 Å². The first-order valence-electron chi connectivity index (χ1n) is 6.96. The first-order valence-corrected chi connectivity index (χ1v) is 9.28. The summed E-state index contributed by atoms with van der Waals surface area (Å²) in [5, 5.41) is 10.2. The maximum Gasteiger partial charge on any atom is 0.305 e. The minimum Gasteiger partial charge on any atom is -0.481 e. The second-order valence-corrected chi connectivity index (χ2v) is 7.82. The van der Waals surface area contributed by atoms with Crippen molar-refractivity contribution in [2.75, 3.05) is 39.9 Å². The van der Waals surface area contributed by atoms with Crippen molar-refractivity contribution in [1.82, 2.24) is 9.21 Å². The lowest BCUT2D eigenvalue weighted by atomic mass is 10.3. The van der Waals surface area contributed by atoms with Crippen LogP contribution in [0.3, 0.4) is 0 Å². The normalized spacial score (nSPS) is 16.2.